The van der Waals surface area contributed by atoms with Gasteiger partial charge in [0.1, 0.15) is 5.76 Å². The number of ketones is 1. The second-order valence-corrected chi connectivity index (χ2v) is 7.99. The van der Waals surface area contributed by atoms with E-state index in [2.05, 4.69) is 0 Å². The van der Waals surface area contributed by atoms with E-state index in [1.165, 1.54) is 29.2 Å². The number of aryl methyl sites for hydroxylation is 1. The van der Waals surface area contributed by atoms with Crippen molar-refractivity contribution in [1.29, 1.82) is 0 Å². The molecule has 2 aromatic rings. The van der Waals surface area contributed by atoms with E-state index in [0.717, 1.165) is 24.8 Å². The largest absolute Gasteiger partial charge is 0.507 e. The Kier molecular flexibility index (Phi) is 6.05. The molecule has 2 unspecified atom stereocenters. The average Bonchev–Trinajstić information content (AvgIpc) is 3.41. The van der Waals surface area contributed by atoms with Crippen molar-refractivity contribution in [2.45, 2.75) is 38.3 Å². The molecule has 0 aliphatic carbocycles. The van der Waals surface area contributed by atoms with E-state index in [-0.39, 0.29) is 29.5 Å². The molecule has 1 amide bonds. The molecule has 2 aliphatic heterocycles. The molecule has 2 aliphatic rings. The van der Waals surface area contributed by atoms with E-state index < -0.39 is 28.4 Å². The number of benzene rings is 2. The summed E-state index contributed by atoms with van der Waals surface area (Å²) >= 11 is 0. The van der Waals surface area contributed by atoms with Crippen molar-refractivity contribution >= 4 is 23.1 Å². The second kappa shape index (κ2) is 8.92. The summed E-state index contributed by atoms with van der Waals surface area (Å²) in [5.74, 6) is -1.94. The summed E-state index contributed by atoms with van der Waals surface area (Å²) in [6.07, 6.45) is 2.33. The highest BCUT2D eigenvalue weighted by Crippen LogP contribution is 2.40. The SMILES string of the molecule is CCc1ccc(C2/C(=C(/O)c3cccc([N+](=O)[O-])c3)C(=O)C(=O)N2CC2CCCO2)cc1. The maximum Gasteiger partial charge on any atom is 0.295 e. The van der Waals surface area contributed by atoms with Crippen LogP contribution >= 0.6 is 0 Å². The fourth-order valence-corrected chi connectivity index (χ4v) is 4.28. The number of carbonyl (C=O) groups is 2. The van der Waals surface area contributed by atoms with Gasteiger partial charge in [0.25, 0.3) is 17.4 Å². The minimum atomic E-state index is -0.809. The number of rotatable bonds is 6. The van der Waals surface area contributed by atoms with Gasteiger partial charge in [-0.05, 0) is 30.4 Å². The van der Waals surface area contributed by atoms with Crippen LogP contribution in [-0.2, 0) is 20.7 Å². The van der Waals surface area contributed by atoms with Crippen LogP contribution in [-0.4, -0.2) is 45.9 Å². The average molecular weight is 436 g/mol. The monoisotopic (exact) mass is 436 g/mol. The van der Waals surface area contributed by atoms with Crippen molar-refractivity contribution in [3.8, 4) is 0 Å². The smallest absolute Gasteiger partial charge is 0.295 e. The summed E-state index contributed by atoms with van der Waals surface area (Å²) in [6.45, 7) is 2.87. The molecule has 0 spiro atoms. The number of hydrogen-bond donors (Lipinski definition) is 1. The first-order valence-corrected chi connectivity index (χ1v) is 10.6. The molecule has 2 saturated heterocycles. The van der Waals surface area contributed by atoms with Crippen LogP contribution in [0.2, 0.25) is 0 Å². The summed E-state index contributed by atoms with van der Waals surface area (Å²) in [5.41, 5.74) is 1.61. The molecule has 2 atom stereocenters. The molecule has 1 N–H and O–H groups in total. The van der Waals surface area contributed by atoms with Gasteiger partial charge in [0.2, 0.25) is 0 Å². The Bertz CT molecular complexity index is 1090. The standard InChI is InChI=1S/C24H24N2O6/c1-2-15-8-10-16(11-9-15)21-20(22(27)17-5-3-6-18(13-17)26(30)31)23(28)24(29)25(21)14-19-7-4-12-32-19/h3,5-6,8-11,13,19,21,27H,2,4,7,12,14H2,1H3/b22-20-. The number of Topliss-reactive ketones (excluding diaryl/α,β-unsaturated/α-hetero) is 1. The van der Waals surface area contributed by atoms with Gasteiger partial charge in [0, 0.05) is 30.8 Å². The van der Waals surface area contributed by atoms with Gasteiger partial charge in [-0.1, -0.05) is 43.3 Å². The second-order valence-electron chi connectivity index (χ2n) is 7.99. The summed E-state index contributed by atoms with van der Waals surface area (Å²) < 4.78 is 5.68. The number of aliphatic hydroxyl groups excluding tert-OH is 1. The number of amides is 1. The quantitative estimate of drug-likeness (QED) is 0.243. The summed E-state index contributed by atoms with van der Waals surface area (Å²) in [6, 6.07) is 12.1. The van der Waals surface area contributed by atoms with Crippen LogP contribution in [0.1, 0.15) is 42.5 Å². The van der Waals surface area contributed by atoms with Crippen LogP contribution in [0.5, 0.6) is 0 Å². The maximum atomic E-state index is 13.0. The number of nitro groups is 1. The number of nitrogens with zero attached hydrogens (tertiary/aromatic N) is 2. The molecule has 8 nitrogen and oxygen atoms in total. The van der Waals surface area contributed by atoms with Crippen molar-refractivity contribution in [3.63, 3.8) is 0 Å². The lowest BCUT2D eigenvalue weighted by Gasteiger charge is -2.27. The Hall–Kier alpha value is -3.52. The maximum absolute atomic E-state index is 13.0. The van der Waals surface area contributed by atoms with Crippen molar-refractivity contribution < 1.29 is 24.4 Å². The van der Waals surface area contributed by atoms with Gasteiger partial charge in [-0.25, -0.2) is 0 Å². The van der Waals surface area contributed by atoms with Gasteiger partial charge >= 0.3 is 0 Å². The van der Waals surface area contributed by atoms with Crippen molar-refractivity contribution in [3.05, 3.63) is 80.9 Å². The summed E-state index contributed by atoms with van der Waals surface area (Å²) in [7, 11) is 0. The lowest BCUT2D eigenvalue weighted by molar-refractivity contribution is -0.384. The number of aliphatic hydroxyl groups is 1. The minimum absolute atomic E-state index is 0.0715. The number of ether oxygens (including phenoxy) is 1. The molecule has 2 heterocycles. The van der Waals surface area contributed by atoms with E-state index in [0.29, 0.717) is 12.2 Å². The first-order chi connectivity index (χ1) is 15.4. The zero-order chi connectivity index (χ0) is 22.8. The number of carbonyl (C=O) groups excluding carboxylic acids is 2. The van der Waals surface area contributed by atoms with Crippen LogP contribution in [0.25, 0.3) is 5.76 Å². The van der Waals surface area contributed by atoms with Crippen LogP contribution in [0.15, 0.2) is 54.1 Å². The number of nitro benzene ring substituents is 1. The number of likely N-dealkylation sites (tertiary alicyclic amines) is 1. The van der Waals surface area contributed by atoms with Gasteiger partial charge in [-0.2, -0.15) is 0 Å². The highest BCUT2D eigenvalue weighted by Gasteiger charge is 2.47. The molecule has 8 heteroatoms. The molecule has 166 valence electrons. The fourth-order valence-electron chi connectivity index (χ4n) is 4.28. The Balaban J connectivity index is 1.83. The van der Waals surface area contributed by atoms with Gasteiger partial charge in [0.15, 0.2) is 0 Å². The fraction of sp³-hybridized carbons (Fsp3) is 0.333. The van der Waals surface area contributed by atoms with E-state index >= 15 is 0 Å². The van der Waals surface area contributed by atoms with Gasteiger partial charge in [-0.3, -0.25) is 19.7 Å². The van der Waals surface area contributed by atoms with Crippen LogP contribution in [0.3, 0.4) is 0 Å². The molecule has 4 rings (SSSR count). The third kappa shape index (κ3) is 4.01. The van der Waals surface area contributed by atoms with E-state index in [1.54, 1.807) is 0 Å². The lowest BCUT2D eigenvalue weighted by atomic mass is 9.94. The zero-order valence-corrected chi connectivity index (χ0v) is 17.7. The van der Waals surface area contributed by atoms with E-state index in [1.807, 2.05) is 31.2 Å². The Morgan fingerprint density at radius 3 is 2.59 bits per heavy atom. The molecule has 0 bridgehead atoms. The predicted molar refractivity (Wildman–Crippen MR) is 117 cm³/mol. The lowest BCUT2D eigenvalue weighted by Crippen LogP contribution is -2.36. The molecule has 0 aromatic heterocycles. The van der Waals surface area contributed by atoms with Gasteiger partial charge in [-0.15, -0.1) is 0 Å². The Labute approximate surface area is 185 Å². The first-order valence-electron chi connectivity index (χ1n) is 10.6. The van der Waals surface area contributed by atoms with Crippen LogP contribution < -0.4 is 0 Å². The van der Waals surface area contributed by atoms with E-state index in [9.17, 15) is 24.8 Å². The van der Waals surface area contributed by atoms with Crippen LogP contribution in [0.4, 0.5) is 5.69 Å². The molecule has 2 fully saturated rings. The zero-order valence-electron chi connectivity index (χ0n) is 17.7. The molecule has 0 radical (unpaired) electrons. The minimum Gasteiger partial charge on any atom is -0.507 e. The van der Waals surface area contributed by atoms with Crippen molar-refractivity contribution in [2.75, 3.05) is 13.2 Å². The van der Waals surface area contributed by atoms with Crippen molar-refractivity contribution in [1.82, 2.24) is 4.90 Å². The Morgan fingerprint density at radius 2 is 1.97 bits per heavy atom. The van der Waals surface area contributed by atoms with Crippen LogP contribution in [0, 0.1) is 10.1 Å². The van der Waals surface area contributed by atoms with Gasteiger partial charge in [0.05, 0.1) is 22.6 Å². The highest BCUT2D eigenvalue weighted by molar-refractivity contribution is 6.46. The highest BCUT2D eigenvalue weighted by atomic mass is 16.6. The molecule has 2 aromatic carbocycles. The van der Waals surface area contributed by atoms with Gasteiger partial charge < -0.3 is 14.7 Å². The molecule has 0 saturated carbocycles. The molecule has 32 heavy (non-hydrogen) atoms. The normalized spacial score (nSPS) is 22.5. The number of non-ortho nitro benzene ring substituents is 1. The van der Waals surface area contributed by atoms with Crippen molar-refractivity contribution in [2.24, 2.45) is 0 Å². The Morgan fingerprint density at radius 1 is 1.22 bits per heavy atom. The molecular weight excluding hydrogens is 412 g/mol. The summed E-state index contributed by atoms with van der Waals surface area (Å²) in [4.78, 5) is 38.1. The first kappa shape index (κ1) is 21.7. The summed E-state index contributed by atoms with van der Waals surface area (Å²) in [5, 5.41) is 22.2. The predicted octanol–water partition coefficient (Wildman–Crippen LogP) is 3.76. The topological polar surface area (TPSA) is 110 Å². The van der Waals surface area contributed by atoms with E-state index in [4.69, 9.17) is 4.74 Å². The number of hydrogen-bond acceptors (Lipinski definition) is 6. The third-order valence-corrected chi connectivity index (χ3v) is 6.00. The molecular formula is C24H24N2O6. The third-order valence-electron chi connectivity index (χ3n) is 6.00.